The van der Waals surface area contributed by atoms with Crippen LogP contribution in [0.5, 0.6) is 0 Å². The number of aliphatic imine (C=N–C) groups is 1. The summed E-state index contributed by atoms with van der Waals surface area (Å²) in [6.07, 6.45) is 0.207. The highest BCUT2D eigenvalue weighted by molar-refractivity contribution is 8.15. The quantitative estimate of drug-likeness (QED) is 0.928. The lowest BCUT2D eigenvalue weighted by atomic mass is 10.2. The first kappa shape index (κ1) is 16.5. The molecule has 1 aliphatic heterocycles. The Kier molecular flexibility index (Phi) is 5.60. The number of carbonyl (C=O) groups is 2. The van der Waals surface area contributed by atoms with Crippen molar-refractivity contribution in [1.82, 2.24) is 4.90 Å². The van der Waals surface area contributed by atoms with Gasteiger partial charge in [-0.3, -0.25) is 19.5 Å². The SMILES string of the molecule is CCN=C1S[C@@H](C(=O)Nc2cccc(C)c2)CC(=O)N1CC. The van der Waals surface area contributed by atoms with E-state index in [0.717, 1.165) is 11.3 Å². The zero-order valence-corrected chi connectivity index (χ0v) is 13.9. The van der Waals surface area contributed by atoms with Crippen LogP contribution in [0.15, 0.2) is 29.3 Å². The first-order valence-corrected chi connectivity index (χ1v) is 8.32. The average Bonchev–Trinajstić information content (AvgIpc) is 2.47. The fraction of sp³-hybridized carbons (Fsp3) is 0.438. The zero-order valence-electron chi connectivity index (χ0n) is 13.1. The van der Waals surface area contributed by atoms with Gasteiger partial charge >= 0.3 is 0 Å². The molecule has 118 valence electrons. The minimum Gasteiger partial charge on any atom is -0.325 e. The van der Waals surface area contributed by atoms with Crippen molar-refractivity contribution in [2.75, 3.05) is 18.4 Å². The highest BCUT2D eigenvalue weighted by Crippen LogP contribution is 2.27. The maximum Gasteiger partial charge on any atom is 0.238 e. The zero-order chi connectivity index (χ0) is 16.1. The molecule has 1 aromatic carbocycles. The average molecular weight is 319 g/mol. The number of hydrogen-bond acceptors (Lipinski definition) is 4. The van der Waals surface area contributed by atoms with E-state index in [0.29, 0.717) is 18.3 Å². The summed E-state index contributed by atoms with van der Waals surface area (Å²) in [6, 6.07) is 7.62. The summed E-state index contributed by atoms with van der Waals surface area (Å²) in [4.78, 5) is 30.6. The largest absolute Gasteiger partial charge is 0.325 e. The van der Waals surface area contributed by atoms with Gasteiger partial charge in [-0.05, 0) is 38.5 Å². The molecule has 1 aromatic rings. The number of aryl methyl sites for hydroxylation is 1. The summed E-state index contributed by atoms with van der Waals surface area (Å²) in [6.45, 7) is 6.98. The van der Waals surface area contributed by atoms with Crippen molar-refractivity contribution in [3.05, 3.63) is 29.8 Å². The molecule has 1 saturated heterocycles. The molecule has 0 saturated carbocycles. The molecule has 1 N–H and O–H groups in total. The Morgan fingerprint density at radius 1 is 1.45 bits per heavy atom. The third kappa shape index (κ3) is 3.88. The lowest BCUT2D eigenvalue weighted by molar-refractivity contribution is -0.129. The van der Waals surface area contributed by atoms with Gasteiger partial charge in [0.1, 0.15) is 5.25 Å². The number of carbonyl (C=O) groups excluding carboxylic acids is 2. The minimum absolute atomic E-state index is 0.0437. The third-order valence-corrected chi connectivity index (χ3v) is 4.55. The van der Waals surface area contributed by atoms with Gasteiger partial charge in [-0.15, -0.1) is 0 Å². The van der Waals surface area contributed by atoms with E-state index >= 15 is 0 Å². The van der Waals surface area contributed by atoms with E-state index in [2.05, 4.69) is 10.3 Å². The molecule has 1 atom stereocenters. The van der Waals surface area contributed by atoms with Crippen molar-refractivity contribution >= 4 is 34.4 Å². The third-order valence-electron chi connectivity index (χ3n) is 3.33. The summed E-state index contributed by atoms with van der Waals surface area (Å²) in [5, 5.41) is 3.10. The van der Waals surface area contributed by atoms with Gasteiger partial charge in [0.05, 0.1) is 0 Å². The van der Waals surface area contributed by atoms with Gasteiger partial charge in [0.2, 0.25) is 11.8 Å². The monoisotopic (exact) mass is 319 g/mol. The van der Waals surface area contributed by atoms with Gasteiger partial charge in [0, 0.05) is 25.2 Å². The number of thioether (sulfide) groups is 1. The molecule has 0 aromatic heterocycles. The molecule has 2 amide bonds. The van der Waals surface area contributed by atoms with E-state index in [1.807, 2.05) is 45.0 Å². The lowest BCUT2D eigenvalue weighted by Gasteiger charge is -2.30. The summed E-state index contributed by atoms with van der Waals surface area (Å²) < 4.78 is 0. The highest BCUT2D eigenvalue weighted by atomic mass is 32.2. The van der Waals surface area contributed by atoms with Crippen LogP contribution in [0.2, 0.25) is 0 Å². The Hall–Kier alpha value is -1.82. The van der Waals surface area contributed by atoms with Crippen LogP contribution in [-0.2, 0) is 9.59 Å². The Morgan fingerprint density at radius 2 is 2.23 bits per heavy atom. The van der Waals surface area contributed by atoms with Gasteiger partial charge in [-0.1, -0.05) is 23.9 Å². The predicted molar refractivity (Wildman–Crippen MR) is 91.2 cm³/mol. The molecule has 0 spiro atoms. The van der Waals surface area contributed by atoms with Gasteiger partial charge in [-0.2, -0.15) is 0 Å². The molecule has 22 heavy (non-hydrogen) atoms. The number of benzene rings is 1. The molecule has 0 radical (unpaired) electrons. The second kappa shape index (κ2) is 7.45. The van der Waals surface area contributed by atoms with Crippen molar-refractivity contribution in [2.45, 2.75) is 32.4 Å². The summed E-state index contributed by atoms with van der Waals surface area (Å²) >= 11 is 1.37. The first-order valence-electron chi connectivity index (χ1n) is 7.44. The Morgan fingerprint density at radius 3 is 2.86 bits per heavy atom. The summed E-state index contributed by atoms with van der Waals surface area (Å²) in [5.74, 6) is -0.193. The van der Waals surface area contributed by atoms with Gasteiger partial charge in [-0.25, -0.2) is 0 Å². The number of amidine groups is 1. The predicted octanol–water partition coefficient (Wildman–Crippen LogP) is 2.66. The second-order valence-electron chi connectivity index (χ2n) is 5.06. The van der Waals surface area contributed by atoms with Crippen LogP contribution in [0, 0.1) is 6.92 Å². The van der Waals surface area contributed by atoms with Gasteiger partial charge in [0.25, 0.3) is 0 Å². The highest BCUT2D eigenvalue weighted by Gasteiger charge is 2.34. The smallest absolute Gasteiger partial charge is 0.238 e. The van der Waals surface area contributed by atoms with E-state index in [1.54, 1.807) is 4.90 Å². The summed E-state index contributed by atoms with van der Waals surface area (Å²) in [5.41, 5.74) is 1.83. The number of nitrogens with one attached hydrogen (secondary N) is 1. The Bertz CT molecular complexity index is 601. The molecule has 0 unspecified atom stereocenters. The van der Waals surface area contributed by atoms with E-state index in [9.17, 15) is 9.59 Å². The molecule has 2 rings (SSSR count). The fourth-order valence-electron chi connectivity index (χ4n) is 2.27. The Balaban J connectivity index is 2.10. The number of amides is 2. The fourth-order valence-corrected chi connectivity index (χ4v) is 3.48. The number of rotatable bonds is 4. The van der Waals surface area contributed by atoms with Crippen LogP contribution in [0.25, 0.3) is 0 Å². The van der Waals surface area contributed by atoms with Crippen molar-refractivity contribution in [3.8, 4) is 0 Å². The molecule has 1 fully saturated rings. The van der Waals surface area contributed by atoms with Crippen molar-refractivity contribution < 1.29 is 9.59 Å². The molecule has 6 heteroatoms. The van der Waals surface area contributed by atoms with E-state index in [-0.39, 0.29) is 18.2 Å². The molecule has 5 nitrogen and oxygen atoms in total. The lowest BCUT2D eigenvalue weighted by Crippen LogP contribution is -2.45. The van der Waals surface area contributed by atoms with Gasteiger partial charge < -0.3 is 5.32 Å². The van der Waals surface area contributed by atoms with Crippen molar-refractivity contribution in [1.29, 1.82) is 0 Å². The standard InChI is InChI=1S/C16H21N3O2S/c1-4-17-16-19(5-2)14(20)10-13(22-16)15(21)18-12-8-6-7-11(3)9-12/h6-9,13H,4-5,10H2,1-3H3,(H,18,21)/t13-/m1/s1. The maximum absolute atomic E-state index is 12.4. The second-order valence-corrected chi connectivity index (χ2v) is 6.23. The normalized spacial score (nSPS) is 20.3. The molecule has 0 bridgehead atoms. The molecular weight excluding hydrogens is 298 g/mol. The number of hydrogen-bond donors (Lipinski definition) is 1. The summed E-state index contributed by atoms with van der Waals surface area (Å²) in [7, 11) is 0. The maximum atomic E-state index is 12.4. The van der Waals surface area contributed by atoms with Gasteiger partial charge in [0.15, 0.2) is 5.17 Å². The van der Waals surface area contributed by atoms with Crippen LogP contribution in [0.3, 0.4) is 0 Å². The van der Waals surface area contributed by atoms with Crippen LogP contribution >= 0.6 is 11.8 Å². The van der Waals surface area contributed by atoms with Crippen LogP contribution in [0.1, 0.15) is 25.8 Å². The van der Waals surface area contributed by atoms with Crippen molar-refractivity contribution in [3.63, 3.8) is 0 Å². The number of anilines is 1. The molecule has 1 heterocycles. The van der Waals surface area contributed by atoms with E-state index in [1.165, 1.54) is 11.8 Å². The first-order chi connectivity index (χ1) is 10.5. The Labute approximate surface area is 135 Å². The van der Waals surface area contributed by atoms with E-state index in [4.69, 9.17) is 0 Å². The molecule has 1 aliphatic rings. The molecular formula is C16H21N3O2S. The van der Waals surface area contributed by atoms with Crippen LogP contribution in [-0.4, -0.2) is 40.2 Å². The molecule has 0 aliphatic carbocycles. The van der Waals surface area contributed by atoms with Crippen molar-refractivity contribution in [2.24, 2.45) is 4.99 Å². The number of nitrogens with zero attached hydrogens (tertiary/aromatic N) is 2. The minimum atomic E-state index is -0.430. The van der Waals surface area contributed by atoms with Crippen LogP contribution < -0.4 is 5.32 Å². The van der Waals surface area contributed by atoms with E-state index < -0.39 is 5.25 Å². The van der Waals surface area contributed by atoms with Crippen LogP contribution in [0.4, 0.5) is 5.69 Å². The topological polar surface area (TPSA) is 61.8 Å².